The molecule has 3 rings (SSSR count). The highest BCUT2D eigenvalue weighted by Crippen LogP contribution is 2.34. The van der Waals surface area contributed by atoms with Crippen LogP contribution in [0.4, 0.5) is 30.2 Å². The molecule has 0 saturated carbocycles. The van der Waals surface area contributed by atoms with E-state index < -0.39 is 26.1 Å². The average molecular weight is 1010 g/mol. The van der Waals surface area contributed by atoms with Crippen molar-refractivity contribution >= 4 is 49.5 Å². The van der Waals surface area contributed by atoms with Gasteiger partial charge in [-0.05, 0) is 100 Å². The number of rotatable bonds is 17. The summed E-state index contributed by atoms with van der Waals surface area (Å²) >= 11 is 0. The van der Waals surface area contributed by atoms with Crippen LogP contribution in [0.5, 0.6) is 0 Å². The van der Waals surface area contributed by atoms with Crippen molar-refractivity contribution in [3.8, 4) is 6.07 Å². The Labute approximate surface area is 427 Å². The fraction of sp³-hybridized carbons (Fsp3) is 0.569. The summed E-state index contributed by atoms with van der Waals surface area (Å²) in [4.78, 5) is 24.1. The predicted octanol–water partition coefficient (Wildman–Crippen LogP) is 19.2. The lowest BCUT2D eigenvalue weighted by atomic mass is 9.97. The number of hydrogen-bond acceptors (Lipinski definition) is 6. The molecule has 3 aromatic rings. The van der Waals surface area contributed by atoms with Gasteiger partial charge in [-0.15, -0.1) is 0 Å². The number of carbonyl (C=O) groups excluding carboxylic acids is 2. The van der Waals surface area contributed by atoms with Gasteiger partial charge in [-0.3, -0.25) is 9.59 Å². The number of carbonyl (C=O) groups is 2. The minimum absolute atomic E-state index is 0.0851. The van der Waals surface area contributed by atoms with Crippen LogP contribution in [0.25, 0.3) is 10.8 Å². The molecule has 0 heterocycles. The van der Waals surface area contributed by atoms with Crippen molar-refractivity contribution in [3.05, 3.63) is 95.1 Å². The first kappa shape index (κ1) is 76.6. The smallest absolute Gasteiger partial charge is 0.384 e. The van der Waals surface area contributed by atoms with Gasteiger partial charge in [0.05, 0.1) is 16.3 Å². The van der Waals surface area contributed by atoms with Crippen LogP contribution in [0.1, 0.15) is 203 Å². The molecule has 0 aliphatic carbocycles. The summed E-state index contributed by atoms with van der Waals surface area (Å²) in [6, 6.07) is 18.6. The number of hydrogen-bond donors (Lipinski definition) is 3. The lowest BCUT2D eigenvalue weighted by molar-refractivity contribution is -0.120. The first-order chi connectivity index (χ1) is 33.4. The van der Waals surface area contributed by atoms with Crippen molar-refractivity contribution in [1.29, 1.82) is 5.26 Å². The third kappa shape index (κ3) is 32.8. The lowest BCUT2D eigenvalue weighted by Crippen LogP contribution is -2.25. The van der Waals surface area contributed by atoms with Crippen LogP contribution in [-0.2, 0) is 19.4 Å². The van der Waals surface area contributed by atoms with Gasteiger partial charge in [-0.1, -0.05) is 203 Å². The molecule has 0 radical (unpaired) electrons. The van der Waals surface area contributed by atoms with Gasteiger partial charge >= 0.3 is 5.51 Å². The summed E-state index contributed by atoms with van der Waals surface area (Å²) in [5.74, 6) is -0.823. The fourth-order valence-corrected chi connectivity index (χ4v) is 6.48. The van der Waals surface area contributed by atoms with E-state index in [1.54, 1.807) is 13.0 Å². The first-order valence-corrected chi connectivity index (χ1v) is 27.6. The highest BCUT2D eigenvalue weighted by Gasteiger charge is 2.47. The second kappa shape index (κ2) is 49.1. The highest BCUT2D eigenvalue weighted by molar-refractivity contribution is 7.92. The number of anilines is 3. The third-order valence-corrected chi connectivity index (χ3v) is 10.3. The SMILES string of the molecule is CC.CC.CC.CC.CC.CC.CC(C)=CC(/C=C(/C#N)C(=O)Nc1ccc2ccccc2c1)=C(C)C.CCCC(CCC)C(=O)Nc1ccc(S(=O)(=O)C(F)(F)F)cc1NCC.CCCCCCC. The van der Waals surface area contributed by atoms with Crippen molar-refractivity contribution in [2.75, 3.05) is 22.5 Å². The molecule has 0 aliphatic rings. The van der Waals surface area contributed by atoms with Crippen LogP contribution in [0.3, 0.4) is 0 Å². The van der Waals surface area contributed by atoms with Crippen molar-refractivity contribution < 1.29 is 31.2 Å². The minimum atomic E-state index is -5.45. The monoisotopic (exact) mass is 1000 g/mol. The van der Waals surface area contributed by atoms with Gasteiger partial charge in [-0.2, -0.15) is 18.4 Å². The Morgan fingerprint density at radius 3 is 1.56 bits per heavy atom. The van der Waals surface area contributed by atoms with E-state index in [9.17, 15) is 36.4 Å². The van der Waals surface area contributed by atoms with Gasteiger partial charge < -0.3 is 16.0 Å². The molecule has 402 valence electrons. The number of benzene rings is 3. The Morgan fingerprint density at radius 2 is 1.14 bits per heavy atom. The maximum absolute atomic E-state index is 12.7. The van der Waals surface area contributed by atoms with Crippen LogP contribution < -0.4 is 16.0 Å². The molecule has 0 fully saturated rings. The molecular formula is C58H99F3N4O4S. The average Bonchev–Trinajstić information content (AvgIpc) is 3.37. The van der Waals surface area contributed by atoms with E-state index in [0.29, 0.717) is 25.1 Å². The number of fused-ring (bicyclic) bond motifs is 1. The van der Waals surface area contributed by atoms with Crippen LogP contribution in [-0.4, -0.2) is 32.3 Å². The van der Waals surface area contributed by atoms with Crippen molar-refractivity contribution in [2.24, 2.45) is 5.92 Å². The van der Waals surface area contributed by atoms with Gasteiger partial charge in [0.15, 0.2) is 0 Å². The number of halogens is 3. The summed E-state index contributed by atoms with van der Waals surface area (Å²) in [5, 5.41) is 19.8. The standard InChI is InChI=1S/C22H22N2O.C17H25F3N2O3S.C7H16.6C2H6/c1-15(2)11-19(16(3)4)12-20(14-23)22(25)24-21-10-9-17-7-5-6-8-18(17)13-21;1-4-7-12(8-5-2)16(23)22-14-10-9-13(11-15(14)21-6-3)26(24,25)17(18,19)20;1-3-5-7-6-4-2;6*1-2/h5-13H,1-4H3,(H,24,25);9-12,21H,4-8H2,1-3H3,(H,22,23);3-7H2,1-2H3;6*1-2H3/b20-12-;;;;;;;;. The summed E-state index contributed by atoms with van der Waals surface area (Å²) < 4.78 is 61.4. The topological polar surface area (TPSA) is 128 Å². The highest BCUT2D eigenvalue weighted by atomic mass is 32.2. The third-order valence-electron chi connectivity index (χ3n) is 8.78. The number of unbranched alkanes of at least 4 members (excludes halogenated alkanes) is 4. The molecular weight excluding hydrogens is 906 g/mol. The number of amides is 2. The lowest BCUT2D eigenvalue weighted by Gasteiger charge is -2.18. The molecule has 3 aromatic carbocycles. The largest absolute Gasteiger partial charge is 0.501 e. The molecule has 0 spiro atoms. The molecule has 0 bridgehead atoms. The molecule has 2 amide bonds. The fourth-order valence-electron chi connectivity index (χ4n) is 5.70. The molecule has 12 heteroatoms. The van der Waals surface area contributed by atoms with E-state index in [-0.39, 0.29) is 28.8 Å². The molecule has 0 aliphatic heterocycles. The maximum Gasteiger partial charge on any atom is 0.501 e. The molecule has 70 heavy (non-hydrogen) atoms. The van der Waals surface area contributed by atoms with Crippen LogP contribution >= 0.6 is 0 Å². The van der Waals surface area contributed by atoms with E-state index in [1.165, 1.54) is 38.2 Å². The number of nitrogens with one attached hydrogen (secondary N) is 3. The number of allylic oxidation sites excluding steroid dienone is 5. The normalized spacial score (nSPS) is 9.86. The zero-order valence-electron chi connectivity index (χ0n) is 47.7. The van der Waals surface area contributed by atoms with Gasteiger partial charge in [0.2, 0.25) is 5.91 Å². The minimum Gasteiger partial charge on any atom is -0.384 e. The molecule has 8 nitrogen and oxygen atoms in total. The van der Waals surface area contributed by atoms with Crippen LogP contribution in [0, 0.1) is 17.2 Å². The Kier molecular flexibility index (Phi) is 53.7. The van der Waals surface area contributed by atoms with Gasteiger partial charge in [-0.25, -0.2) is 8.42 Å². The summed E-state index contributed by atoms with van der Waals surface area (Å²) in [7, 11) is -5.45. The molecule has 0 atom stereocenters. The Balaban J connectivity index is -0.000000216. The van der Waals surface area contributed by atoms with Gasteiger partial charge in [0.25, 0.3) is 15.7 Å². The number of nitrogens with zero attached hydrogens (tertiary/aromatic N) is 1. The van der Waals surface area contributed by atoms with E-state index in [0.717, 1.165) is 52.5 Å². The second-order valence-corrected chi connectivity index (χ2v) is 16.3. The van der Waals surface area contributed by atoms with E-state index in [1.807, 2.05) is 179 Å². The van der Waals surface area contributed by atoms with Gasteiger partial charge in [0, 0.05) is 18.2 Å². The predicted molar refractivity (Wildman–Crippen MR) is 302 cm³/mol. The molecule has 3 N–H and O–H groups in total. The van der Waals surface area contributed by atoms with Crippen molar-refractivity contribution in [3.63, 3.8) is 0 Å². The Bertz CT molecular complexity index is 2020. The molecule has 0 aromatic heterocycles. The maximum atomic E-state index is 12.7. The second-order valence-electron chi connectivity index (χ2n) is 14.4. The van der Waals surface area contributed by atoms with E-state index in [4.69, 9.17) is 0 Å². The number of sulfone groups is 1. The van der Waals surface area contributed by atoms with E-state index in [2.05, 4.69) is 29.8 Å². The zero-order chi connectivity index (χ0) is 55.9. The van der Waals surface area contributed by atoms with E-state index >= 15 is 0 Å². The first-order valence-electron chi connectivity index (χ1n) is 26.1. The molecule has 0 unspecified atom stereocenters. The van der Waals surface area contributed by atoms with Crippen LogP contribution in [0.2, 0.25) is 0 Å². The zero-order valence-corrected chi connectivity index (χ0v) is 48.5. The summed E-state index contributed by atoms with van der Waals surface area (Å²) in [6.45, 7) is 42.4. The number of nitriles is 1. The Morgan fingerprint density at radius 1 is 0.643 bits per heavy atom. The Hall–Kier alpha value is -4.89. The summed E-state index contributed by atoms with van der Waals surface area (Å²) in [5.41, 5.74) is -1.19. The number of alkyl halides is 3. The summed E-state index contributed by atoms with van der Waals surface area (Å²) in [6.07, 6.45) is 13.7. The molecule has 0 saturated heterocycles. The van der Waals surface area contributed by atoms with Crippen LogP contribution in [0.15, 0.2) is 100 Å². The van der Waals surface area contributed by atoms with Gasteiger partial charge in [0.1, 0.15) is 11.6 Å². The van der Waals surface area contributed by atoms with Crippen molar-refractivity contribution in [1.82, 2.24) is 0 Å². The van der Waals surface area contributed by atoms with Crippen molar-refractivity contribution in [2.45, 2.75) is 214 Å². The quantitative estimate of drug-likeness (QED) is 0.0535.